The second kappa shape index (κ2) is 14.8. The Kier molecular flexibility index (Phi) is 8.55. The molecule has 0 spiro atoms. The van der Waals surface area contributed by atoms with Gasteiger partial charge in [-0.05, 0) is 107 Å². The van der Waals surface area contributed by atoms with Gasteiger partial charge in [0.2, 0.25) is 0 Å². The highest BCUT2D eigenvalue weighted by Crippen LogP contribution is 2.48. The number of nitrogens with zero attached hydrogens (tertiary/aromatic N) is 2. The normalized spacial score (nSPS) is 13.4. The van der Waals surface area contributed by atoms with E-state index in [1.165, 1.54) is 56.7 Å². The van der Waals surface area contributed by atoms with E-state index in [0.29, 0.717) is 0 Å². The molecule has 9 aromatic carbocycles. The number of fused-ring (bicyclic) bond motifs is 10. The number of para-hydroxylation sites is 5. The van der Waals surface area contributed by atoms with Crippen LogP contribution < -0.4 is 47.5 Å². The van der Waals surface area contributed by atoms with Gasteiger partial charge in [-0.2, -0.15) is 0 Å². The minimum absolute atomic E-state index is 0.00546. The topological polar surface area (TPSA) is 28.9 Å². The zero-order chi connectivity index (χ0) is 42.6. The first-order valence-corrected chi connectivity index (χ1v) is 24.3. The van der Waals surface area contributed by atoms with Crippen molar-refractivity contribution in [3.63, 3.8) is 0 Å². The maximum absolute atomic E-state index is 7.27. The molecule has 0 aliphatic carbocycles. The van der Waals surface area contributed by atoms with Crippen molar-refractivity contribution < 1.29 is 9.15 Å². The Morgan fingerprint density at radius 1 is 0.354 bits per heavy atom. The van der Waals surface area contributed by atoms with Gasteiger partial charge in [0.1, 0.15) is 17.1 Å². The van der Waals surface area contributed by atoms with Crippen LogP contribution in [-0.2, 0) is 0 Å². The Hall–Kier alpha value is -6.90. The van der Waals surface area contributed by atoms with Gasteiger partial charge in [0.05, 0.1) is 16.2 Å². The Balaban J connectivity index is 0.974. The molecule has 0 saturated heterocycles. The molecule has 9 heteroatoms. The molecule has 0 atom stereocenters. The molecular formula is C56H34B2N2O2S3. The lowest BCUT2D eigenvalue weighted by Gasteiger charge is -2.37. The van der Waals surface area contributed by atoms with Crippen LogP contribution >= 0.6 is 35.3 Å². The van der Waals surface area contributed by atoms with E-state index in [1.54, 1.807) is 0 Å². The Morgan fingerprint density at radius 3 is 1.52 bits per heavy atom. The van der Waals surface area contributed by atoms with Gasteiger partial charge < -0.3 is 19.0 Å². The maximum Gasteiger partial charge on any atom is 0.292 e. The predicted octanol–water partition coefficient (Wildman–Crippen LogP) is 11.9. The van der Waals surface area contributed by atoms with Gasteiger partial charge >= 0.3 is 0 Å². The molecule has 5 heterocycles. The van der Waals surface area contributed by atoms with Crippen molar-refractivity contribution in [3.05, 3.63) is 206 Å². The van der Waals surface area contributed by atoms with Crippen LogP contribution in [0.5, 0.6) is 11.5 Å². The second-order valence-electron chi connectivity index (χ2n) is 16.8. The summed E-state index contributed by atoms with van der Waals surface area (Å²) in [5.74, 6) is 1.80. The monoisotopic (exact) mass is 884 g/mol. The third-order valence-corrected chi connectivity index (χ3v) is 16.5. The zero-order valence-corrected chi connectivity index (χ0v) is 37.2. The number of furan rings is 1. The summed E-state index contributed by atoms with van der Waals surface area (Å²) < 4.78 is 14.3. The van der Waals surface area contributed by atoms with Crippen molar-refractivity contribution in [2.45, 2.75) is 29.4 Å². The summed E-state index contributed by atoms with van der Waals surface area (Å²) in [7, 11) is 0. The van der Waals surface area contributed by atoms with E-state index in [4.69, 9.17) is 9.15 Å². The van der Waals surface area contributed by atoms with Crippen LogP contribution in [0, 0.1) is 0 Å². The maximum atomic E-state index is 7.27. The van der Waals surface area contributed by atoms with E-state index < -0.39 is 0 Å². The second-order valence-corrected chi connectivity index (χ2v) is 20.0. The van der Waals surface area contributed by atoms with E-state index in [1.807, 2.05) is 35.3 Å². The molecule has 4 aliphatic rings. The quantitative estimate of drug-likeness (QED) is 0.154. The highest BCUT2D eigenvalue weighted by Gasteiger charge is 2.46. The first-order valence-electron chi connectivity index (χ1n) is 21.9. The Morgan fingerprint density at radius 2 is 0.877 bits per heavy atom. The number of ether oxygens (including phenoxy) is 1. The summed E-state index contributed by atoms with van der Waals surface area (Å²) in [5, 5.41) is 1.15. The molecule has 0 radical (unpaired) electrons. The fraction of sp³-hybridized carbons (Fsp3) is 0. The number of hydrogen-bond donors (Lipinski definition) is 0. The SMILES string of the molecule is c1ccc(N(c2ccccc2)c2cc3c4c(c2)Sc2ccccc2B4c2cc4c(cc2O3)Sc2cc(N(c3ccccc3)c3ccccc3)cc3c2B4c2oc4ccccc4c2S3)cc1. The minimum atomic E-state index is -0.0945. The van der Waals surface area contributed by atoms with Crippen LogP contribution in [0.1, 0.15) is 0 Å². The molecule has 0 fully saturated rings. The molecule has 14 rings (SSSR count). The first-order chi connectivity index (χ1) is 32.2. The standard InChI is InChI=1S/C56H34B2N2O2S3/c1-5-17-35(18-6-1)59(36-19-7-2-8-20-36)39-29-47-53-50(30-39)63-48-28-16-14-26-42(48)57(53)43-33-44-49(34-46(43)61-47)64-51-31-40(60(37-21-9-3-10-22-37)38-23-11-4-12-24-38)32-52-54(51)58(44)56-55(65-52)41-25-13-15-27-45(41)62-56/h1-34H. The molecule has 304 valence electrons. The van der Waals surface area contributed by atoms with Gasteiger partial charge in [-0.15, -0.1) is 0 Å². The third kappa shape index (κ3) is 5.92. The molecule has 0 N–H and O–H groups in total. The van der Waals surface area contributed by atoms with Crippen molar-refractivity contribution in [2.75, 3.05) is 9.80 Å². The summed E-state index contributed by atoms with van der Waals surface area (Å²) in [4.78, 5) is 12.1. The lowest BCUT2D eigenvalue weighted by atomic mass is 9.33. The fourth-order valence-electron chi connectivity index (χ4n) is 10.3. The first kappa shape index (κ1) is 37.5. The Labute approximate surface area is 390 Å². The summed E-state index contributed by atoms with van der Waals surface area (Å²) in [6.07, 6.45) is 0. The predicted molar refractivity (Wildman–Crippen MR) is 273 cm³/mol. The molecule has 0 unspecified atom stereocenters. The van der Waals surface area contributed by atoms with Crippen LogP contribution in [0.3, 0.4) is 0 Å². The van der Waals surface area contributed by atoms with E-state index in [2.05, 4.69) is 216 Å². The van der Waals surface area contributed by atoms with Crippen LogP contribution in [-0.4, -0.2) is 13.4 Å². The summed E-state index contributed by atoms with van der Waals surface area (Å²) in [5.41, 5.74) is 14.8. The lowest BCUT2D eigenvalue weighted by Crippen LogP contribution is -2.62. The number of rotatable bonds is 6. The van der Waals surface area contributed by atoms with Gasteiger partial charge in [0, 0.05) is 64.4 Å². The average Bonchev–Trinajstić information content (AvgIpc) is 3.73. The van der Waals surface area contributed by atoms with E-state index in [0.717, 1.165) is 62.3 Å². The van der Waals surface area contributed by atoms with Crippen molar-refractivity contribution in [3.8, 4) is 11.5 Å². The molecule has 65 heavy (non-hydrogen) atoms. The van der Waals surface area contributed by atoms with Gasteiger partial charge in [0.25, 0.3) is 13.4 Å². The van der Waals surface area contributed by atoms with Gasteiger partial charge in [-0.3, -0.25) is 0 Å². The van der Waals surface area contributed by atoms with E-state index >= 15 is 0 Å². The van der Waals surface area contributed by atoms with Gasteiger partial charge in [0.15, 0.2) is 0 Å². The number of hydrogen-bond acceptors (Lipinski definition) is 7. The van der Waals surface area contributed by atoms with Crippen molar-refractivity contribution in [2.24, 2.45) is 0 Å². The zero-order valence-electron chi connectivity index (χ0n) is 34.7. The van der Waals surface area contributed by atoms with Crippen molar-refractivity contribution >= 4 is 127 Å². The molecule has 0 saturated carbocycles. The van der Waals surface area contributed by atoms with Crippen molar-refractivity contribution in [1.82, 2.24) is 0 Å². The summed E-state index contributed by atoms with van der Waals surface area (Å²) in [6.45, 7) is -0.1000. The number of anilines is 6. The highest BCUT2D eigenvalue weighted by atomic mass is 32.2. The highest BCUT2D eigenvalue weighted by molar-refractivity contribution is 8.01. The van der Waals surface area contributed by atoms with Crippen LogP contribution in [0.25, 0.3) is 11.0 Å². The molecule has 0 bridgehead atoms. The largest absolute Gasteiger partial charge is 0.469 e. The Bertz CT molecular complexity index is 3460. The minimum Gasteiger partial charge on any atom is -0.469 e. The third-order valence-electron chi connectivity index (χ3n) is 13.0. The molecule has 10 aromatic rings. The van der Waals surface area contributed by atoms with Gasteiger partial charge in [-0.1, -0.05) is 155 Å². The van der Waals surface area contributed by atoms with Crippen molar-refractivity contribution in [1.29, 1.82) is 0 Å². The average molecular weight is 885 g/mol. The lowest BCUT2D eigenvalue weighted by molar-refractivity contribution is 0.485. The fourth-order valence-corrected chi connectivity index (χ4v) is 14.0. The van der Waals surface area contributed by atoms with E-state index in [9.17, 15) is 0 Å². The van der Waals surface area contributed by atoms with E-state index in [-0.39, 0.29) is 13.4 Å². The van der Waals surface area contributed by atoms with Crippen LogP contribution in [0.15, 0.2) is 240 Å². The summed E-state index contributed by atoms with van der Waals surface area (Å²) in [6, 6.07) is 74.3. The number of benzene rings is 9. The molecular weight excluding hydrogens is 850 g/mol. The van der Waals surface area contributed by atoms with Gasteiger partial charge in [-0.25, -0.2) is 0 Å². The molecule has 1 aromatic heterocycles. The van der Waals surface area contributed by atoms with Crippen LogP contribution in [0.4, 0.5) is 34.1 Å². The van der Waals surface area contributed by atoms with Crippen LogP contribution in [0.2, 0.25) is 0 Å². The molecule has 0 amide bonds. The smallest absolute Gasteiger partial charge is 0.292 e. The summed E-state index contributed by atoms with van der Waals surface area (Å²) >= 11 is 5.53. The molecule has 4 aliphatic heterocycles. The molecule has 4 nitrogen and oxygen atoms in total.